The van der Waals surface area contributed by atoms with Crippen molar-refractivity contribution in [1.29, 1.82) is 0 Å². The van der Waals surface area contributed by atoms with Gasteiger partial charge in [-0.05, 0) is 50.6 Å². The second-order valence-electron chi connectivity index (χ2n) is 10.7. The molecule has 0 atom stereocenters. The fourth-order valence-corrected chi connectivity index (χ4v) is 3.73. The van der Waals surface area contributed by atoms with Crippen molar-refractivity contribution >= 4 is 6.09 Å². The van der Waals surface area contributed by atoms with Crippen molar-refractivity contribution in [3.8, 4) is 5.75 Å². The van der Waals surface area contributed by atoms with Gasteiger partial charge in [0.15, 0.2) is 0 Å². The van der Waals surface area contributed by atoms with Crippen LogP contribution in [0, 0.1) is 0 Å². The van der Waals surface area contributed by atoms with Crippen molar-refractivity contribution in [2.24, 2.45) is 0 Å². The van der Waals surface area contributed by atoms with Gasteiger partial charge in [-0.3, -0.25) is 0 Å². The first-order chi connectivity index (χ1) is 20.9. The van der Waals surface area contributed by atoms with E-state index in [1.165, 1.54) is 0 Å². The van der Waals surface area contributed by atoms with E-state index in [4.69, 9.17) is 33.2 Å². The molecule has 0 aliphatic heterocycles. The summed E-state index contributed by atoms with van der Waals surface area (Å²) in [5.74, 6) is 0.746. The maximum atomic E-state index is 12.9. The summed E-state index contributed by atoms with van der Waals surface area (Å²) in [4.78, 5) is 14.6. The second-order valence-corrected chi connectivity index (χ2v) is 10.7. The van der Waals surface area contributed by atoms with E-state index in [1.54, 1.807) is 4.90 Å². The van der Waals surface area contributed by atoms with E-state index in [9.17, 15) is 4.79 Å². The fraction of sp³-hybridized carbons (Fsp3) is 0.606. The van der Waals surface area contributed by atoms with Crippen LogP contribution in [0.1, 0.15) is 38.8 Å². The molecule has 1 N–H and O–H groups in total. The first-order valence-corrected chi connectivity index (χ1v) is 15.2. The summed E-state index contributed by atoms with van der Waals surface area (Å²) in [7, 11) is 0. The Bertz CT molecular complexity index is 971. The van der Waals surface area contributed by atoms with Crippen LogP contribution in [-0.4, -0.2) is 102 Å². The lowest BCUT2D eigenvalue weighted by molar-refractivity contribution is -0.0139. The van der Waals surface area contributed by atoms with Crippen LogP contribution in [0.2, 0.25) is 0 Å². The van der Waals surface area contributed by atoms with E-state index in [2.05, 4.69) is 12.2 Å². The van der Waals surface area contributed by atoms with E-state index >= 15 is 0 Å². The van der Waals surface area contributed by atoms with Crippen LogP contribution in [0.5, 0.6) is 5.75 Å². The number of benzene rings is 2. The van der Waals surface area contributed by atoms with Crippen molar-refractivity contribution in [2.75, 3.05) is 85.7 Å². The van der Waals surface area contributed by atoms with Crippen molar-refractivity contribution in [2.45, 2.75) is 46.4 Å². The first-order valence-electron chi connectivity index (χ1n) is 15.2. The van der Waals surface area contributed by atoms with E-state index in [1.807, 2.05) is 75.4 Å². The minimum atomic E-state index is -0.598. The molecule has 2 rings (SSSR count). The molecule has 0 aromatic heterocycles. The highest BCUT2D eigenvalue weighted by molar-refractivity contribution is 5.68. The van der Waals surface area contributed by atoms with E-state index in [-0.39, 0.29) is 6.09 Å². The molecule has 0 aliphatic carbocycles. The lowest BCUT2D eigenvalue weighted by Crippen LogP contribution is -2.38. The molecule has 10 heteroatoms. The number of amides is 1. The highest BCUT2D eigenvalue weighted by Crippen LogP contribution is 2.18. The number of hydrogen-bond donors (Lipinski definition) is 1. The van der Waals surface area contributed by atoms with Gasteiger partial charge >= 0.3 is 6.09 Å². The van der Waals surface area contributed by atoms with Gasteiger partial charge in [-0.1, -0.05) is 49.4 Å². The molecule has 242 valence electrons. The topological polar surface area (TPSA) is 97.0 Å². The maximum absolute atomic E-state index is 12.9. The van der Waals surface area contributed by atoms with Gasteiger partial charge in [-0.25, -0.2) is 4.79 Å². The highest BCUT2D eigenvalue weighted by Gasteiger charge is 2.22. The van der Waals surface area contributed by atoms with Crippen LogP contribution < -0.4 is 10.1 Å². The number of nitrogens with zero attached hydrogens (tertiary/aromatic N) is 1. The number of hydrogen-bond acceptors (Lipinski definition) is 9. The average Bonchev–Trinajstić information content (AvgIpc) is 2.98. The minimum absolute atomic E-state index is 0.361. The van der Waals surface area contributed by atoms with E-state index in [0.29, 0.717) is 85.8 Å². The highest BCUT2D eigenvalue weighted by atomic mass is 16.6. The van der Waals surface area contributed by atoms with Crippen molar-refractivity contribution in [3.05, 3.63) is 65.7 Å². The number of likely N-dealkylation sites (N-methyl/N-ethyl adjacent to an activating group) is 1. The second kappa shape index (κ2) is 22.8. The average molecular weight is 605 g/mol. The Morgan fingerprint density at radius 2 is 1.28 bits per heavy atom. The predicted octanol–water partition coefficient (Wildman–Crippen LogP) is 4.70. The Hall–Kier alpha value is -2.73. The van der Waals surface area contributed by atoms with Crippen LogP contribution in [0.4, 0.5) is 4.79 Å². The number of carbonyl (C=O) groups excluding carboxylic acids is 1. The maximum Gasteiger partial charge on any atom is 0.410 e. The van der Waals surface area contributed by atoms with Crippen LogP contribution in [0.3, 0.4) is 0 Å². The summed E-state index contributed by atoms with van der Waals surface area (Å²) in [6.07, 6.45) is -0.388. The Morgan fingerprint density at radius 1 is 0.721 bits per heavy atom. The molecule has 0 saturated heterocycles. The molecule has 43 heavy (non-hydrogen) atoms. The Labute approximate surface area is 257 Å². The molecule has 0 aliphatic rings. The van der Waals surface area contributed by atoms with Gasteiger partial charge in [0.05, 0.1) is 66.1 Å². The zero-order valence-electron chi connectivity index (χ0n) is 26.5. The molecule has 2 aromatic carbocycles. The summed E-state index contributed by atoms with van der Waals surface area (Å²) in [5.41, 5.74) is 1.44. The third kappa shape index (κ3) is 19.2. The van der Waals surface area contributed by atoms with Crippen molar-refractivity contribution < 1.29 is 38.0 Å². The van der Waals surface area contributed by atoms with Gasteiger partial charge in [-0.2, -0.15) is 0 Å². The molecule has 0 fully saturated rings. The number of nitrogens with one attached hydrogen (secondary N) is 1. The normalized spacial score (nSPS) is 11.4. The van der Waals surface area contributed by atoms with Gasteiger partial charge in [0.1, 0.15) is 18.0 Å². The first kappa shape index (κ1) is 36.5. The van der Waals surface area contributed by atoms with Gasteiger partial charge in [-0.15, -0.1) is 0 Å². The Kier molecular flexibility index (Phi) is 19.3. The molecule has 0 saturated carbocycles. The Morgan fingerprint density at radius 3 is 1.86 bits per heavy atom. The van der Waals surface area contributed by atoms with Crippen LogP contribution >= 0.6 is 0 Å². The number of carbonyl (C=O) groups is 1. The summed E-state index contributed by atoms with van der Waals surface area (Å²) in [5, 5.41) is 3.20. The zero-order valence-corrected chi connectivity index (χ0v) is 26.5. The van der Waals surface area contributed by atoms with Crippen molar-refractivity contribution in [1.82, 2.24) is 10.2 Å². The lowest BCUT2D eigenvalue weighted by atomic mass is 10.2. The van der Waals surface area contributed by atoms with Gasteiger partial charge in [0.25, 0.3) is 0 Å². The van der Waals surface area contributed by atoms with Crippen LogP contribution in [0.15, 0.2) is 54.6 Å². The molecule has 0 unspecified atom stereocenters. The van der Waals surface area contributed by atoms with Crippen LogP contribution in [0.25, 0.3) is 0 Å². The quantitative estimate of drug-likeness (QED) is 0.171. The van der Waals surface area contributed by atoms with Crippen LogP contribution in [-0.2, 0) is 41.6 Å². The molecule has 10 nitrogen and oxygen atoms in total. The van der Waals surface area contributed by atoms with Gasteiger partial charge in [0, 0.05) is 19.6 Å². The third-order valence-electron chi connectivity index (χ3n) is 5.84. The molecule has 0 heterocycles. The SMILES string of the molecule is CCNCCOCCOCCOCCOCCOCCN(Cc1cccc(OCc2ccccc2)c1)C(=O)OC(C)(C)C. The fourth-order valence-electron chi connectivity index (χ4n) is 3.73. The largest absolute Gasteiger partial charge is 0.489 e. The standard InChI is InChI=1S/C33H52N2O8/c1-5-34-14-16-37-18-20-39-22-24-41-25-23-40-21-19-38-17-15-35(32(36)43-33(2,3)4)27-30-12-9-13-31(26-30)42-28-29-10-7-6-8-11-29/h6-13,26,34H,5,14-25,27-28H2,1-4H3. The summed E-state index contributed by atoms with van der Waals surface area (Å²) < 4.78 is 39.3. The summed E-state index contributed by atoms with van der Waals surface area (Å²) in [6, 6.07) is 17.8. The predicted molar refractivity (Wildman–Crippen MR) is 166 cm³/mol. The monoisotopic (exact) mass is 604 g/mol. The molecule has 2 aromatic rings. The zero-order chi connectivity index (χ0) is 31.0. The molecular weight excluding hydrogens is 552 g/mol. The van der Waals surface area contributed by atoms with E-state index < -0.39 is 5.60 Å². The molecule has 0 spiro atoms. The molecule has 1 amide bonds. The molecule has 0 bridgehead atoms. The van der Waals surface area contributed by atoms with Gasteiger partial charge < -0.3 is 43.4 Å². The molecular formula is C33H52N2O8. The van der Waals surface area contributed by atoms with Crippen molar-refractivity contribution in [3.63, 3.8) is 0 Å². The van der Waals surface area contributed by atoms with E-state index in [0.717, 1.165) is 30.0 Å². The minimum Gasteiger partial charge on any atom is -0.489 e. The Balaban J connectivity index is 1.60. The lowest BCUT2D eigenvalue weighted by Gasteiger charge is -2.27. The number of rotatable bonds is 24. The van der Waals surface area contributed by atoms with Gasteiger partial charge in [0.2, 0.25) is 0 Å². The smallest absolute Gasteiger partial charge is 0.410 e. The third-order valence-corrected chi connectivity index (χ3v) is 5.84. The summed E-state index contributed by atoms with van der Waals surface area (Å²) in [6.45, 7) is 15.7. The number of ether oxygens (including phenoxy) is 7. The molecule has 0 radical (unpaired) electrons. The summed E-state index contributed by atoms with van der Waals surface area (Å²) >= 11 is 0.